The van der Waals surface area contributed by atoms with Crippen molar-refractivity contribution in [2.45, 2.75) is 66.5 Å². The van der Waals surface area contributed by atoms with Gasteiger partial charge in [-0.1, -0.05) is 41.5 Å². The summed E-state index contributed by atoms with van der Waals surface area (Å²) in [4.78, 5) is 5.28. The molecule has 0 radical (unpaired) electrons. The van der Waals surface area contributed by atoms with E-state index in [1.165, 1.54) is 45.6 Å². The molecule has 0 aliphatic carbocycles. The zero-order valence-electron chi connectivity index (χ0n) is 14.7. The van der Waals surface area contributed by atoms with Gasteiger partial charge in [-0.3, -0.25) is 4.90 Å². The van der Waals surface area contributed by atoms with Crippen LogP contribution in [0.1, 0.15) is 54.4 Å². The van der Waals surface area contributed by atoms with E-state index < -0.39 is 0 Å². The molecule has 0 aromatic heterocycles. The van der Waals surface area contributed by atoms with Crippen LogP contribution in [0.3, 0.4) is 0 Å². The molecule has 0 amide bonds. The molecule has 0 spiro atoms. The minimum atomic E-state index is 0.355. The topological polar surface area (TPSA) is 18.5 Å². The van der Waals surface area contributed by atoms with Crippen LogP contribution in [-0.4, -0.2) is 61.2 Å². The lowest BCUT2D eigenvalue weighted by Gasteiger charge is -2.33. The van der Waals surface area contributed by atoms with Gasteiger partial charge in [0.05, 0.1) is 0 Å². The zero-order valence-corrected chi connectivity index (χ0v) is 14.7. The van der Waals surface area contributed by atoms with Gasteiger partial charge in [-0.2, -0.15) is 0 Å². The maximum Gasteiger partial charge on any atom is 0.0235 e. The Morgan fingerprint density at radius 1 is 1.20 bits per heavy atom. The maximum absolute atomic E-state index is 3.67. The molecule has 1 aliphatic rings. The van der Waals surface area contributed by atoms with Crippen LogP contribution in [-0.2, 0) is 0 Å². The molecule has 0 saturated carbocycles. The van der Waals surface area contributed by atoms with Gasteiger partial charge in [0.2, 0.25) is 0 Å². The number of likely N-dealkylation sites (N-methyl/N-ethyl adjacent to an activating group) is 1. The Hall–Kier alpha value is -0.120. The van der Waals surface area contributed by atoms with Crippen LogP contribution in [0.4, 0.5) is 0 Å². The van der Waals surface area contributed by atoms with Crippen molar-refractivity contribution < 1.29 is 0 Å². The molecule has 3 nitrogen and oxygen atoms in total. The van der Waals surface area contributed by atoms with Crippen molar-refractivity contribution in [3.63, 3.8) is 0 Å². The first kappa shape index (κ1) is 17.9. The summed E-state index contributed by atoms with van der Waals surface area (Å²) in [6, 6.07) is 1.41. The van der Waals surface area contributed by atoms with Crippen molar-refractivity contribution in [1.29, 1.82) is 0 Å². The quantitative estimate of drug-likeness (QED) is 0.739. The second kappa shape index (κ2) is 8.35. The SMILES string of the molecule is CCNC(CCN1CCC(N(CC)CC)C1)C(C)(C)C. The Morgan fingerprint density at radius 3 is 2.35 bits per heavy atom. The number of rotatable bonds is 8. The average molecular weight is 284 g/mol. The molecular formula is C17H37N3. The molecule has 3 heteroatoms. The van der Waals surface area contributed by atoms with Gasteiger partial charge in [-0.05, 0) is 51.0 Å². The van der Waals surface area contributed by atoms with Gasteiger partial charge < -0.3 is 10.2 Å². The second-order valence-corrected chi connectivity index (χ2v) is 7.23. The summed E-state index contributed by atoms with van der Waals surface area (Å²) in [5.41, 5.74) is 0.355. The molecule has 0 bridgehead atoms. The number of hydrogen-bond acceptors (Lipinski definition) is 3. The molecule has 2 atom stereocenters. The smallest absolute Gasteiger partial charge is 0.0235 e. The second-order valence-electron chi connectivity index (χ2n) is 7.23. The molecule has 1 aliphatic heterocycles. The standard InChI is InChI=1S/C17H37N3/c1-7-18-16(17(4,5)6)11-13-19-12-10-15(14-19)20(8-2)9-3/h15-16,18H,7-14H2,1-6H3. The van der Waals surface area contributed by atoms with E-state index in [4.69, 9.17) is 0 Å². The van der Waals surface area contributed by atoms with Crippen molar-refractivity contribution in [1.82, 2.24) is 15.1 Å². The fourth-order valence-corrected chi connectivity index (χ4v) is 3.45. The minimum Gasteiger partial charge on any atom is -0.314 e. The Bertz CT molecular complexity index is 255. The third-order valence-electron chi connectivity index (χ3n) is 4.81. The largest absolute Gasteiger partial charge is 0.314 e. The van der Waals surface area contributed by atoms with Crippen LogP contribution in [0.15, 0.2) is 0 Å². The molecular weight excluding hydrogens is 246 g/mol. The summed E-state index contributed by atoms with van der Waals surface area (Å²) in [5, 5.41) is 3.67. The number of hydrogen-bond donors (Lipinski definition) is 1. The van der Waals surface area contributed by atoms with Gasteiger partial charge in [0.1, 0.15) is 0 Å². The lowest BCUT2D eigenvalue weighted by Crippen LogP contribution is -2.43. The lowest BCUT2D eigenvalue weighted by atomic mass is 9.84. The first-order valence-electron chi connectivity index (χ1n) is 8.62. The van der Waals surface area contributed by atoms with Gasteiger partial charge in [0, 0.05) is 18.6 Å². The molecule has 1 N–H and O–H groups in total. The zero-order chi connectivity index (χ0) is 15.2. The average Bonchev–Trinajstić information content (AvgIpc) is 2.83. The molecule has 1 rings (SSSR count). The molecule has 0 aromatic rings. The Morgan fingerprint density at radius 2 is 1.85 bits per heavy atom. The molecule has 0 aromatic carbocycles. The molecule has 1 heterocycles. The van der Waals surface area contributed by atoms with E-state index >= 15 is 0 Å². The highest BCUT2D eigenvalue weighted by Gasteiger charge is 2.28. The third kappa shape index (κ3) is 5.34. The predicted octanol–water partition coefficient (Wildman–Crippen LogP) is 2.82. The normalized spacial score (nSPS) is 22.6. The van der Waals surface area contributed by atoms with Crippen LogP contribution >= 0.6 is 0 Å². The van der Waals surface area contributed by atoms with Gasteiger partial charge in [0.25, 0.3) is 0 Å². The molecule has 1 saturated heterocycles. The van der Waals surface area contributed by atoms with Gasteiger partial charge in [0.15, 0.2) is 0 Å². The summed E-state index contributed by atoms with van der Waals surface area (Å²) in [7, 11) is 0. The van der Waals surface area contributed by atoms with Gasteiger partial charge in [-0.25, -0.2) is 0 Å². The van der Waals surface area contributed by atoms with E-state index in [1.54, 1.807) is 0 Å². The first-order chi connectivity index (χ1) is 9.42. The summed E-state index contributed by atoms with van der Waals surface area (Å²) >= 11 is 0. The number of nitrogens with zero attached hydrogens (tertiary/aromatic N) is 2. The highest BCUT2D eigenvalue weighted by Crippen LogP contribution is 2.23. The van der Waals surface area contributed by atoms with Crippen molar-refractivity contribution in [2.24, 2.45) is 5.41 Å². The van der Waals surface area contributed by atoms with E-state index in [9.17, 15) is 0 Å². The minimum absolute atomic E-state index is 0.355. The van der Waals surface area contributed by atoms with Crippen molar-refractivity contribution in [3.8, 4) is 0 Å². The summed E-state index contributed by atoms with van der Waals surface area (Å²) in [5.74, 6) is 0. The van der Waals surface area contributed by atoms with Crippen molar-refractivity contribution in [2.75, 3.05) is 39.3 Å². The predicted molar refractivity (Wildman–Crippen MR) is 89.3 cm³/mol. The maximum atomic E-state index is 3.67. The van der Waals surface area contributed by atoms with E-state index in [-0.39, 0.29) is 0 Å². The Balaban J connectivity index is 2.39. The highest BCUT2D eigenvalue weighted by molar-refractivity contribution is 4.86. The van der Waals surface area contributed by atoms with E-state index in [0.29, 0.717) is 11.5 Å². The van der Waals surface area contributed by atoms with E-state index in [2.05, 4.69) is 56.7 Å². The van der Waals surface area contributed by atoms with Crippen LogP contribution in [0.2, 0.25) is 0 Å². The summed E-state index contributed by atoms with van der Waals surface area (Å²) < 4.78 is 0. The van der Waals surface area contributed by atoms with Crippen LogP contribution < -0.4 is 5.32 Å². The summed E-state index contributed by atoms with van der Waals surface area (Å²) in [6.45, 7) is 21.1. The van der Waals surface area contributed by atoms with Crippen molar-refractivity contribution >= 4 is 0 Å². The fraction of sp³-hybridized carbons (Fsp3) is 1.00. The lowest BCUT2D eigenvalue weighted by molar-refractivity contribution is 0.195. The van der Waals surface area contributed by atoms with Crippen LogP contribution in [0, 0.1) is 5.41 Å². The monoisotopic (exact) mass is 283 g/mol. The molecule has 20 heavy (non-hydrogen) atoms. The number of nitrogens with one attached hydrogen (secondary N) is 1. The summed E-state index contributed by atoms with van der Waals surface area (Å²) in [6.07, 6.45) is 2.62. The Labute approximate surface area is 127 Å². The molecule has 1 fully saturated rings. The molecule has 120 valence electrons. The van der Waals surface area contributed by atoms with Gasteiger partial charge in [-0.15, -0.1) is 0 Å². The van der Waals surface area contributed by atoms with Crippen LogP contribution in [0.25, 0.3) is 0 Å². The fourth-order valence-electron chi connectivity index (χ4n) is 3.45. The number of likely N-dealkylation sites (tertiary alicyclic amines) is 1. The first-order valence-corrected chi connectivity index (χ1v) is 8.62. The van der Waals surface area contributed by atoms with Gasteiger partial charge >= 0.3 is 0 Å². The van der Waals surface area contributed by atoms with E-state index in [1.807, 2.05) is 0 Å². The third-order valence-corrected chi connectivity index (χ3v) is 4.81. The van der Waals surface area contributed by atoms with E-state index in [0.717, 1.165) is 12.6 Å². The van der Waals surface area contributed by atoms with Crippen molar-refractivity contribution in [3.05, 3.63) is 0 Å². The highest BCUT2D eigenvalue weighted by atomic mass is 15.2. The molecule has 2 unspecified atom stereocenters. The van der Waals surface area contributed by atoms with Crippen LogP contribution in [0.5, 0.6) is 0 Å². The Kier molecular flexibility index (Phi) is 7.49.